The van der Waals surface area contributed by atoms with Gasteiger partial charge in [-0.1, -0.05) is 12.1 Å². The van der Waals surface area contributed by atoms with E-state index in [4.69, 9.17) is 0 Å². The Balaban J connectivity index is 3.23. The molecule has 22 heavy (non-hydrogen) atoms. The van der Waals surface area contributed by atoms with Crippen LogP contribution >= 0.6 is 0 Å². The Labute approximate surface area is 118 Å². The van der Waals surface area contributed by atoms with Gasteiger partial charge < -0.3 is 4.74 Å². The molecule has 0 N–H and O–H groups in total. The first-order valence-corrected chi connectivity index (χ1v) is 5.71. The number of hydrogen-bond donors (Lipinski definition) is 0. The maximum Gasteiger partial charge on any atom is 0.426 e. The van der Waals surface area contributed by atoms with Gasteiger partial charge in [0.1, 0.15) is 5.75 Å². The Bertz CT molecular complexity index is 501. The smallest absolute Gasteiger partial charge is 0.426 e. The van der Waals surface area contributed by atoms with Gasteiger partial charge in [0.2, 0.25) is 6.10 Å². The summed E-state index contributed by atoms with van der Waals surface area (Å²) in [5.74, 6) is -4.35. The van der Waals surface area contributed by atoms with Crippen molar-refractivity contribution in [1.82, 2.24) is 0 Å². The number of rotatable bonds is 3. The lowest BCUT2D eigenvalue weighted by molar-refractivity contribution is -0.264. The summed E-state index contributed by atoms with van der Waals surface area (Å²) in [6.07, 6.45) is -19.3. The average molecular weight is 340 g/mol. The molecular weight excluding hydrogens is 331 g/mol. The summed E-state index contributed by atoms with van der Waals surface area (Å²) >= 11 is 0. The molecule has 126 valence electrons. The number of hydrogen-bond acceptors (Lipinski definition) is 1. The second kappa shape index (κ2) is 5.88. The molecule has 0 fully saturated rings. The SMILES string of the molecule is CC(C(Oc1ccccc1C(F)(F)F)C(F)(F)F)C(F)(F)F. The van der Waals surface area contributed by atoms with Crippen molar-refractivity contribution >= 4 is 0 Å². The fourth-order valence-corrected chi connectivity index (χ4v) is 1.56. The van der Waals surface area contributed by atoms with E-state index >= 15 is 0 Å². The molecule has 0 amide bonds. The minimum Gasteiger partial charge on any atom is -0.480 e. The summed E-state index contributed by atoms with van der Waals surface area (Å²) in [5, 5.41) is 0. The van der Waals surface area contributed by atoms with Crippen molar-refractivity contribution in [2.24, 2.45) is 5.92 Å². The average Bonchev–Trinajstić information content (AvgIpc) is 2.32. The summed E-state index contributed by atoms with van der Waals surface area (Å²) in [7, 11) is 0. The molecule has 0 aliphatic carbocycles. The normalized spacial score (nSPS) is 16.3. The highest BCUT2D eigenvalue weighted by Crippen LogP contribution is 2.41. The van der Waals surface area contributed by atoms with Crippen LogP contribution in [0.5, 0.6) is 5.75 Å². The molecular formula is C12H9F9O. The highest BCUT2D eigenvalue weighted by molar-refractivity contribution is 5.35. The fourth-order valence-electron chi connectivity index (χ4n) is 1.56. The third-order valence-electron chi connectivity index (χ3n) is 2.74. The summed E-state index contributed by atoms with van der Waals surface area (Å²) < 4.78 is 118. The first-order chi connectivity index (χ1) is 9.74. The molecule has 1 nitrogen and oxygen atoms in total. The third-order valence-corrected chi connectivity index (χ3v) is 2.74. The van der Waals surface area contributed by atoms with Crippen LogP contribution in [-0.4, -0.2) is 18.5 Å². The van der Waals surface area contributed by atoms with Crippen LogP contribution in [0.25, 0.3) is 0 Å². The Morgan fingerprint density at radius 3 is 1.73 bits per heavy atom. The van der Waals surface area contributed by atoms with Crippen LogP contribution in [0, 0.1) is 5.92 Å². The minimum absolute atomic E-state index is 0.189. The van der Waals surface area contributed by atoms with Gasteiger partial charge in [-0.15, -0.1) is 0 Å². The second-order valence-electron chi connectivity index (χ2n) is 4.40. The summed E-state index contributed by atoms with van der Waals surface area (Å²) in [6, 6.07) is 2.76. The van der Waals surface area contributed by atoms with Gasteiger partial charge in [-0.05, 0) is 19.1 Å². The van der Waals surface area contributed by atoms with Crippen LogP contribution in [0.3, 0.4) is 0 Å². The zero-order chi connectivity index (χ0) is 17.3. The number of halogens is 9. The predicted octanol–water partition coefficient (Wildman–Crippen LogP) is 5.21. The van der Waals surface area contributed by atoms with E-state index in [0.717, 1.165) is 12.1 Å². The van der Waals surface area contributed by atoms with E-state index in [2.05, 4.69) is 4.74 Å². The third kappa shape index (κ3) is 4.44. The van der Waals surface area contributed by atoms with Crippen molar-refractivity contribution in [2.75, 3.05) is 0 Å². The molecule has 2 unspecified atom stereocenters. The highest BCUT2D eigenvalue weighted by atomic mass is 19.4. The van der Waals surface area contributed by atoms with E-state index in [1.54, 1.807) is 0 Å². The molecule has 1 rings (SSSR count). The molecule has 0 aromatic heterocycles. The van der Waals surface area contributed by atoms with Crippen molar-refractivity contribution in [1.29, 1.82) is 0 Å². The van der Waals surface area contributed by atoms with Gasteiger partial charge in [0, 0.05) is 0 Å². The van der Waals surface area contributed by atoms with Crippen molar-refractivity contribution in [2.45, 2.75) is 31.6 Å². The van der Waals surface area contributed by atoms with Gasteiger partial charge in [0.25, 0.3) is 0 Å². The molecule has 0 heterocycles. The number of alkyl halides is 9. The van der Waals surface area contributed by atoms with Gasteiger partial charge in [0.05, 0.1) is 11.5 Å². The van der Waals surface area contributed by atoms with Crippen molar-refractivity contribution in [3.05, 3.63) is 29.8 Å². The van der Waals surface area contributed by atoms with Crippen LogP contribution in [0.2, 0.25) is 0 Å². The van der Waals surface area contributed by atoms with E-state index in [0.29, 0.717) is 12.1 Å². The lowest BCUT2D eigenvalue weighted by Gasteiger charge is -2.29. The zero-order valence-corrected chi connectivity index (χ0v) is 10.8. The Morgan fingerprint density at radius 2 is 1.32 bits per heavy atom. The lowest BCUT2D eigenvalue weighted by Crippen LogP contribution is -2.46. The van der Waals surface area contributed by atoms with Crippen LogP contribution in [0.15, 0.2) is 24.3 Å². The lowest BCUT2D eigenvalue weighted by atomic mass is 10.0. The van der Waals surface area contributed by atoms with Gasteiger partial charge in [-0.3, -0.25) is 0 Å². The topological polar surface area (TPSA) is 9.23 Å². The Hall–Kier alpha value is -1.61. The fraction of sp³-hybridized carbons (Fsp3) is 0.500. The minimum atomic E-state index is -5.49. The number of para-hydroxylation sites is 1. The largest absolute Gasteiger partial charge is 0.480 e. The van der Waals surface area contributed by atoms with Crippen LogP contribution in [-0.2, 0) is 6.18 Å². The molecule has 0 aliphatic heterocycles. The van der Waals surface area contributed by atoms with Crippen LogP contribution in [0.4, 0.5) is 39.5 Å². The first-order valence-electron chi connectivity index (χ1n) is 5.71. The maximum absolute atomic E-state index is 12.7. The summed E-state index contributed by atoms with van der Waals surface area (Å²) in [5.41, 5.74) is -1.58. The van der Waals surface area contributed by atoms with Gasteiger partial charge in [-0.2, -0.15) is 39.5 Å². The van der Waals surface area contributed by atoms with Crippen molar-refractivity contribution in [3.63, 3.8) is 0 Å². The Kier molecular flexibility index (Phi) is 4.93. The van der Waals surface area contributed by atoms with Gasteiger partial charge >= 0.3 is 18.5 Å². The summed E-state index contributed by atoms with van der Waals surface area (Å²) in [4.78, 5) is 0. The quantitative estimate of drug-likeness (QED) is 0.686. The molecule has 1 aromatic carbocycles. The van der Waals surface area contributed by atoms with Crippen molar-refractivity contribution < 1.29 is 44.3 Å². The molecule has 0 spiro atoms. The molecule has 0 saturated heterocycles. The number of ether oxygens (including phenoxy) is 1. The van der Waals surface area contributed by atoms with E-state index < -0.39 is 41.9 Å². The van der Waals surface area contributed by atoms with E-state index in [1.807, 2.05) is 0 Å². The zero-order valence-electron chi connectivity index (χ0n) is 10.8. The second-order valence-corrected chi connectivity index (χ2v) is 4.40. The van der Waals surface area contributed by atoms with Crippen LogP contribution in [0.1, 0.15) is 12.5 Å². The molecule has 0 aliphatic rings. The predicted molar refractivity (Wildman–Crippen MR) is 57.1 cm³/mol. The van der Waals surface area contributed by atoms with E-state index in [1.165, 1.54) is 0 Å². The maximum atomic E-state index is 12.7. The monoisotopic (exact) mass is 340 g/mol. The molecule has 10 heteroatoms. The molecule has 0 saturated carbocycles. The van der Waals surface area contributed by atoms with Crippen LogP contribution < -0.4 is 4.74 Å². The van der Waals surface area contributed by atoms with E-state index in [-0.39, 0.29) is 6.92 Å². The van der Waals surface area contributed by atoms with Gasteiger partial charge in [0.15, 0.2) is 0 Å². The molecule has 0 bridgehead atoms. The number of benzene rings is 1. The molecule has 2 atom stereocenters. The van der Waals surface area contributed by atoms with Gasteiger partial charge in [-0.25, -0.2) is 0 Å². The molecule has 0 radical (unpaired) electrons. The Morgan fingerprint density at radius 1 is 0.818 bits per heavy atom. The standard InChI is InChI=1S/C12H9F9O/c1-6(10(13,14)15)9(12(19,20)21)22-8-5-3-2-4-7(8)11(16,17)18/h2-6,9H,1H3. The van der Waals surface area contributed by atoms with Crippen molar-refractivity contribution in [3.8, 4) is 5.75 Å². The summed E-state index contributed by atoms with van der Waals surface area (Å²) in [6.45, 7) is 0.189. The van der Waals surface area contributed by atoms with E-state index in [9.17, 15) is 39.5 Å². The first kappa shape index (κ1) is 18.4. The highest BCUT2D eigenvalue weighted by Gasteiger charge is 2.55. The molecule has 1 aromatic rings.